The standard InChI is InChI=1S/C23H24BrN3O3/c1-17-3-7-21(8-4-17)30-16-19-13-18(5-9-22(19)29-2)6-10-23(28)25-11-12-27-15-20(24)14-26-27/h3-10,13-15H,11-12,16H2,1-2H3,(H,25,28)/b10-6+. The smallest absolute Gasteiger partial charge is 0.244 e. The van der Waals surface area contributed by atoms with Gasteiger partial charge in [-0.3, -0.25) is 9.48 Å². The maximum atomic E-state index is 12.1. The number of hydrogen-bond donors (Lipinski definition) is 1. The number of carbonyl (C=O) groups excluding carboxylic acids is 1. The van der Waals surface area contributed by atoms with Crippen molar-refractivity contribution in [1.29, 1.82) is 0 Å². The third-order valence-corrected chi connectivity index (χ3v) is 4.80. The van der Waals surface area contributed by atoms with Crippen LogP contribution in [0.1, 0.15) is 16.7 Å². The molecule has 156 valence electrons. The number of aryl methyl sites for hydroxylation is 1. The summed E-state index contributed by atoms with van der Waals surface area (Å²) in [5, 5.41) is 7.00. The second-order valence-electron chi connectivity index (χ2n) is 6.72. The molecule has 30 heavy (non-hydrogen) atoms. The van der Waals surface area contributed by atoms with Crippen molar-refractivity contribution in [2.24, 2.45) is 0 Å². The quantitative estimate of drug-likeness (QED) is 0.472. The first-order valence-corrected chi connectivity index (χ1v) is 10.3. The zero-order chi connectivity index (χ0) is 21.3. The average molecular weight is 470 g/mol. The molecule has 0 saturated heterocycles. The summed E-state index contributed by atoms with van der Waals surface area (Å²) >= 11 is 3.35. The summed E-state index contributed by atoms with van der Waals surface area (Å²) < 4.78 is 14.0. The maximum Gasteiger partial charge on any atom is 0.244 e. The molecule has 0 saturated carbocycles. The van der Waals surface area contributed by atoms with Crippen LogP contribution in [0.3, 0.4) is 0 Å². The van der Waals surface area contributed by atoms with E-state index in [4.69, 9.17) is 9.47 Å². The van der Waals surface area contributed by atoms with Gasteiger partial charge >= 0.3 is 0 Å². The summed E-state index contributed by atoms with van der Waals surface area (Å²) in [6.45, 7) is 3.51. The highest BCUT2D eigenvalue weighted by Gasteiger charge is 2.06. The van der Waals surface area contributed by atoms with Gasteiger partial charge in [0.15, 0.2) is 0 Å². The molecule has 6 nitrogen and oxygen atoms in total. The van der Waals surface area contributed by atoms with Crippen LogP contribution in [0.2, 0.25) is 0 Å². The fourth-order valence-corrected chi connectivity index (χ4v) is 3.12. The third-order valence-electron chi connectivity index (χ3n) is 4.39. The number of ether oxygens (including phenoxy) is 2. The molecule has 0 bridgehead atoms. The highest BCUT2D eigenvalue weighted by Crippen LogP contribution is 2.23. The second-order valence-corrected chi connectivity index (χ2v) is 7.63. The van der Waals surface area contributed by atoms with Crippen molar-refractivity contribution in [3.8, 4) is 11.5 Å². The minimum Gasteiger partial charge on any atom is -0.496 e. The number of nitrogens with one attached hydrogen (secondary N) is 1. The van der Waals surface area contributed by atoms with Gasteiger partial charge in [-0.1, -0.05) is 23.8 Å². The summed E-state index contributed by atoms with van der Waals surface area (Å²) in [6, 6.07) is 13.6. The Hall–Kier alpha value is -3.06. The van der Waals surface area contributed by atoms with Gasteiger partial charge in [-0.15, -0.1) is 0 Å². The normalized spacial score (nSPS) is 10.9. The predicted octanol–water partition coefficient (Wildman–Crippen LogP) is 4.37. The van der Waals surface area contributed by atoms with E-state index in [2.05, 4.69) is 26.3 Å². The van der Waals surface area contributed by atoms with E-state index in [9.17, 15) is 4.79 Å². The van der Waals surface area contributed by atoms with E-state index in [1.165, 1.54) is 11.6 Å². The second kappa shape index (κ2) is 10.6. The average Bonchev–Trinajstić information content (AvgIpc) is 3.17. The number of hydrogen-bond acceptors (Lipinski definition) is 4. The molecule has 3 rings (SSSR count). The maximum absolute atomic E-state index is 12.1. The first-order valence-electron chi connectivity index (χ1n) is 9.54. The molecule has 0 atom stereocenters. The summed E-state index contributed by atoms with van der Waals surface area (Å²) in [5.74, 6) is 1.38. The van der Waals surface area contributed by atoms with Gasteiger partial charge in [-0.25, -0.2) is 0 Å². The number of benzene rings is 2. The third kappa shape index (κ3) is 6.49. The fourth-order valence-electron chi connectivity index (χ4n) is 2.80. The van der Waals surface area contributed by atoms with Crippen LogP contribution in [0.15, 0.2) is 65.4 Å². The van der Waals surface area contributed by atoms with Crippen molar-refractivity contribution >= 4 is 27.9 Å². The van der Waals surface area contributed by atoms with Crippen molar-refractivity contribution in [2.45, 2.75) is 20.1 Å². The van der Waals surface area contributed by atoms with E-state index in [1.807, 2.05) is 55.6 Å². The Kier molecular flexibility index (Phi) is 7.68. The molecule has 0 radical (unpaired) electrons. The molecule has 0 fully saturated rings. The molecule has 0 aliphatic carbocycles. The number of methoxy groups -OCH3 is 1. The highest BCUT2D eigenvalue weighted by molar-refractivity contribution is 9.10. The minimum atomic E-state index is -0.158. The SMILES string of the molecule is COc1ccc(/C=C/C(=O)NCCn2cc(Br)cn2)cc1COc1ccc(C)cc1. The number of nitrogens with zero attached hydrogens (tertiary/aromatic N) is 2. The number of aromatic nitrogens is 2. The summed E-state index contributed by atoms with van der Waals surface area (Å²) in [6.07, 6.45) is 6.87. The van der Waals surface area contributed by atoms with E-state index in [1.54, 1.807) is 24.1 Å². The van der Waals surface area contributed by atoms with Crippen LogP contribution >= 0.6 is 15.9 Å². The first-order chi connectivity index (χ1) is 14.5. The van der Waals surface area contributed by atoms with Gasteiger partial charge in [0.25, 0.3) is 0 Å². The van der Waals surface area contributed by atoms with Gasteiger partial charge in [0.05, 0.1) is 24.3 Å². The van der Waals surface area contributed by atoms with Crippen molar-refractivity contribution in [3.05, 3.63) is 82.1 Å². The van der Waals surface area contributed by atoms with Crippen LogP contribution in [-0.2, 0) is 17.9 Å². The number of rotatable bonds is 9. The first kappa shape index (κ1) is 21.6. The van der Waals surface area contributed by atoms with Gasteiger partial charge in [-0.05, 0) is 58.8 Å². The van der Waals surface area contributed by atoms with Gasteiger partial charge in [0, 0.05) is 24.4 Å². The Balaban J connectivity index is 1.56. The largest absolute Gasteiger partial charge is 0.496 e. The lowest BCUT2D eigenvalue weighted by atomic mass is 10.1. The Morgan fingerprint density at radius 3 is 2.73 bits per heavy atom. The molecule has 0 aliphatic rings. The summed E-state index contributed by atoms with van der Waals surface area (Å²) in [5.41, 5.74) is 2.98. The Morgan fingerprint density at radius 1 is 1.23 bits per heavy atom. The molecule has 0 unspecified atom stereocenters. The molecule has 1 heterocycles. The molecular weight excluding hydrogens is 446 g/mol. The van der Waals surface area contributed by atoms with E-state index in [-0.39, 0.29) is 5.91 Å². The lowest BCUT2D eigenvalue weighted by Crippen LogP contribution is -2.25. The van der Waals surface area contributed by atoms with Gasteiger partial charge < -0.3 is 14.8 Å². The van der Waals surface area contributed by atoms with Crippen molar-refractivity contribution in [3.63, 3.8) is 0 Å². The van der Waals surface area contributed by atoms with Crippen molar-refractivity contribution < 1.29 is 14.3 Å². The van der Waals surface area contributed by atoms with Crippen LogP contribution in [0.4, 0.5) is 0 Å². The summed E-state index contributed by atoms with van der Waals surface area (Å²) in [4.78, 5) is 12.1. The molecular formula is C23H24BrN3O3. The van der Waals surface area contributed by atoms with E-state index >= 15 is 0 Å². The van der Waals surface area contributed by atoms with Crippen molar-refractivity contribution in [2.75, 3.05) is 13.7 Å². The molecule has 0 spiro atoms. The number of halogens is 1. The summed E-state index contributed by atoms with van der Waals surface area (Å²) in [7, 11) is 1.63. The molecule has 1 aromatic heterocycles. The molecule has 2 aromatic carbocycles. The number of amides is 1. The van der Waals surface area contributed by atoms with Gasteiger partial charge in [0.1, 0.15) is 18.1 Å². The van der Waals surface area contributed by atoms with Crippen LogP contribution in [0.5, 0.6) is 11.5 Å². The lowest BCUT2D eigenvalue weighted by molar-refractivity contribution is -0.116. The highest BCUT2D eigenvalue weighted by atomic mass is 79.9. The minimum absolute atomic E-state index is 0.158. The lowest BCUT2D eigenvalue weighted by Gasteiger charge is -2.11. The van der Waals surface area contributed by atoms with Crippen LogP contribution < -0.4 is 14.8 Å². The van der Waals surface area contributed by atoms with Crippen LogP contribution in [0.25, 0.3) is 6.08 Å². The van der Waals surface area contributed by atoms with E-state index < -0.39 is 0 Å². The zero-order valence-electron chi connectivity index (χ0n) is 17.0. The zero-order valence-corrected chi connectivity index (χ0v) is 18.6. The van der Waals surface area contributed by atoms with Crippen molar-refractivity contribution in [1.82, 2.24) is 15.1 Å². The van der Waals surface area contributed by atoms with Crippen LogP contribution in [0, 0.1) is 6.92 Å². The van der Waals surface area contributed by atoms with Gasteiger partial charge in [0.2, 0.25) is 5.91 Å². The molecule has 7 heteroatoms. The van der Waals surface area contributed by atoms with Crippen LogP contribution in [-0.4, -0.2) is 29.3 Å². The topological polar surface area (TPSA) is 65.4 Å². The fraction of sp³-hybridized carbons (Fsp3) is 0.217. The Labute approximate surface area is 184 Å². The monoisotopic (exact) mass is 469 g/mol. The molecule has 3 aromatic rings. The van der Waals surface area contributed by atoms with E-state index in [0.29, 0.717) is 19.7 Å². The van der Waals surface area contributed by atoms with E-state index in [0.717, 1.165) is 27.1 Å². The Bertz CT molecular complexity index is 1010. The Morgan fingerprint density at radius 2 is 2.03 bits per heavy atom. The predicted molar refractivity (Wildman–Crippen MR) is 120 cm³/mol. The molecule has 1 N–H and O–H groups in total. The van der Waals surface area contributed by atoms with Gasteiger partial charge in [-0.2, -0.15) is 5.10 Å². The molecule has 0 aliphatic heterocycles. The molecule has 1 amide bonds. The number of carbonyl (C=O) groups is 1.